The first-order chi connectivity index (χ1) is 17.4. The zero-order chi connectivity index (χ0) is 28.5. The standard InChI is InChI=1S/C27H37F3NO5PS/c1-26(2,3)15-14-21-16-22(23(38-21)25(33)34)31(19-10-12-20(13-11-19)36-37(4,5)35)24(32)17-6-8-18(9-7-17)27(28,29)30/h16-20H,6-13H2,1-5H3,(H,33,34)/t17-,18-,19-,20-. The van der Waals surface area contributed by atoms with Gasteiger partial charge in [0, 0.05) is 30.7 Å². The molecule has 0 unspecified atom stereocenters. The Balaban J connectivity index is 1.94. The van der Waals surface area contributed by atoms with Gasteiger partial charge >= 0.3 is 12.1 Å². The Kier molecular flexibility index (Phi) is 9.49. The monoisotopic (exact) mass is 575 g/mol. The van der Waals surface area contributed by atoms with Crippen LogP contribution < -0.4 is 4.90 Å². The number of aromatic carboxylic acids is 1. The lowest BCUT2D eigenvalue weighted by molar-refractivity contribution is -0.184. The Labute approximate surface area is 226 Å². The zero-order valence-corrected chi connectivity index (χ0v) is 24.3. The van der Waals surface area contributed by atoms with Gasteiger partial charge in [-0.1, -0.05) is 11.8 Å². The smallest absolute Gasteiger partial charge is 0.391 e. The van der Waals surface area contributed by atoms with Gasteiger partial charge < -0.3 is 14.5 Å². The molecule has 1 amide bonds. The summed E-state index contributed by atoms with van der Waals surface area (Å²) >= 11 is 0.999. The lowest BCUT2D eigenvalue weighted by Crippen LogP contribution is -2.47. The number of halogens is 3. The van der Waals surface area contributed by atoms with Crippen molar-refractivity contribution in [1.82, 2.24) is 0 Å². The summed E-state index contributed by atoms with van der Waals surface area (Å²) in [5.74, 6) is 2.58. The molecule has 38 heavy (non-hydrogen) atoms. The van der Waals surface area contributed by atoms with E-state index < -0.39 is 31.4 Å². The van der Waals surface area contributed by atoms with Crippen molar-refractivity contribution >= 4 is 36.3 Å². The van der Waals surface area contributed by atoms with Crippen LogP contribution >= 0.6 is 18.7 Å². The average Bonchev–Trinajstić information content (AvgIpc) is 3.21. The van der Waals surface area contributed by atoms with Crippen molar-refractivity contribution in [1.29, 1.82) is 0 Å². The fourth-order valence-corrected chi connectivity index (χ4v) is 6.92. The fraction of sp³-hybridized carbons (Fsp3) is 0.704. The molecule has 0 bridgehead atoms. The maximum absolute atomic E-state index is 13.9. The van der Waals surface area contributed by atoms with Gasteiger partial charge in [-0.3, -0.25) is 9.36 Å². The Bertz CT molecular complexity index is 1120. The second-order valence-corrected chi connectivity index (χ2v) is 15.5. The maximum Gasteiger partial charge on any atom is 0.391 e. The molecule has 0 aromatic carbocycles. The van der Waals surface area contributed by atoms with E-state index in [4.69, 9.17) is 4.52 Å². The number of amides is 1. The summed E-state index contributed by atoms with van der Waals surface area (Å²) in [6, 6.07) is 1.29. The van der Waals surface area contributed by atoms with E-state index in [0.29, 0.717) is 30.6 Å². The minimum absolute atomic E-state index is 0.00877. The quantitative estimate of drug-likeness (QED) is 0.282. The van der Waals surface area contributed by atoms with Crippen LogP contribution in [0.15, 0.2) is 6.07 Å². The molecule has 2 aliphatic rings. The number of carboxylic acids is 1. The Morgan fingerprint density at radius 2 is 1.63 bits per heavy atom. The molecule has 1 aromatic rings. The van der Waals surface area contributed by atoms with E-state index >= 15 is 0 Å². The van der Waals surface area contributed by atoms with E-state index in [0.717, 1.165) is 11.3 Å². The molecule has 6 nitrogen and oxygen atoms in total. The van der Waals surface area contributed by atoms with Crippen molar-refractivity contribution < 1.29 is 37.0 Å². The molecule has 2 fully saturated rings. The minimum atomic E-state index is -4.28. The van der Waals surface area contributed by atoms with E-state index in [-0.39, 0.29) is 59.7 Å². The zero-order valence-electron chi connectivity index (χ0n) is 22.6. The molecule has 212 valence electrons. The minimum Gasteiger partial charge on any atom is -0.477 e. The number of anilines is 1. The predicted octanol–water partition coefficient (Wildman–Crippen LogP) is 7.41. The first-order valence-electron chi connectivity index (χ1n) is 13.0. The van der Waals surface area contributed by atoms with Crippen molar-refractivity contribution in [2.75, 3.05) is 18.2 Å². The van der Waals surface area contributed by atoms with E-state index in [1.807, 2.05) is 20.8 Å². The highest BCUT2D eigenvalue weighted by atomic mass is 32.1. The molecule has 2 aliphatic carbocycles. The van der Waals surface area contributed by atoms with Gasteiger partial charge in [-0.25, -0.2) is 4.79 Å². The van der Waals surface area contributed by atoms with Crippen molar-refractivity contribution in [3.63, 3.8) is 0 Å². The lowest BCUT2D eigenvalue weighted by Gasteiger charge is -2.40. The molecule has 3 rings (SSSR count). The lowest BCUT2D eigenvalue weighted by atomic mass is 9.80. The number of carboxylic acid groups (broad SMARTS) is 1. The van der Waals surface area contributed by atoms with E-state index in [2.05, 4.69) is 11.8 Å². The van der Waals surface area contributed by atoms with Crippen molar-refractivity contribution in [3.8, 4) is 11.8 Å². The number of carbonyl (C=O) groups excluding carboxylic acids is 1. The first-order valence-corrected chi connectivity index (χ1v) is 16.3. The van der Waals surface area contributed by atoms with Crippen LogP contribution in [0.2, 0.25) is 0 Å². The predicted molar refractivity (Wildman–Crippen MR) is 143 cm³/mol. The summed E-state index contributed by atoms with van der Waals surface area (Å²) in [6.45, 7) is 8.91. The normalized spacial score (nSPS) is 24.8. The Hall–Kier alpha value is -1.82. The largest absolute Gasteiger partial charge is 0.477 e. The Morgan fingerprint density at radius 1 is 1.05 bits per heavy atom. The van der Waals surface area contributed by atoms with Crippen LogP contribution in [0.4, 0.5) is 18.9 Å². The van der Waals surface area contributed by atoms with Crippen LogP contribution in [-0.2, 0) is 13.9 Å². The molecule has 0 atom stereocenters. The van der Waals surface area contributed by atoms with Gasteiger partial charge in [0.15, 0.2) is 7.37 Å². The molecule has 2 saturated carbocycles. The van der Waals surface area contributed by atoms with Gasteiger partial charge in [0.2, 0.25) is 5.91 Å². The number of hydrogen-bond donors (Lipinski definition) is 1. The summed E-state index contributed by atoms with van der Waals surface area (Å²) in [5.41, 5.74) is -0.0547. The van der Waals surface area contributed by atoms with Crippen LogP contribution in [0.3, 0.4) is 0 Å². The summed E-state index contributed by atoms with van der Waals surface area (Å²) in [6.07, 6.45) is -2.42. The third-order valence-corrected chi connectivity index (χ3v) is 8.75. The van der Waals surface area contributed by atoms with E-state index in [1.165, 1.54) is 4.90 Å². The number of hydrogen-bond acceptors (Lipinski definition) is 5. The first kappa shape index (κ1) is 30.7. The van der Waals surface area contributed by atoms with Crippen molar-refractivity contribution in [2.24, 2.45) is 17.3 Å². The van der Waals surface area contributed by atoms with Gasteiger partial charge in [-0.05, 0) is 78.2 Å². The molecule has 1 aromatic heterocycles. The van der Waals surface area contributed by atoms with Crippen LogP contribution in [0, 0.1) is 29.1 Å². The van der Waals surface area contributed by atoms with Gasteiger partial charge in [-0.2, -0.15) is 13.2 Å². The van der Waals surface area contributed by atoms with Crippen molar-refractivity contribution in [3.05, 3.63) is 15.8 Å². The third kappa shape index (κ3) is 8.34. The second-order valence-electron chi connectivity index (χ2n) is 11.7. The molecular weight excluding hydrogens is 538 g/mol. The molecule has 0 aliphatic heterocycles. The molecule has 1 N–H and O–H groups in total. The van der Waals surface area contributed by atoms with E-state index in [9.17, 15) is 32.4 Å². The summed E-state index contributed by atoms with van der Waals surface area (Å²) < 4.78 is 57.5. The Morgan fingerprint density at radius 3 is 2.11 bits per heavy atom. The van der Waals surface area contributed by atoms with Crippen molar-refractivity contribution in [2.45, 2.75) is 90.5 Å². The molecule has 1 heterocycles. The number of carbonyl (C=O) groups is 2. The SMILES string of the molecule is CC(C)(C)C#Cc1cc(N(C(=O)[C@H]2CC[C@H](C(F)(F)F)CC2)[C@H]2CC[C@H](OP(C)(C)=O)CC2)c(C(=O)O)s1. The highest BCUT2D eigenvalue weighted by Gasteiger charge is 2.44. The number of alkyl halides is 3. The van der Waals surface area contributed by atoms with Crippen LogP contribution in [0.5, 0.6) is 0 Å². The summed E-state index contributed by atoms with van der Waals surface area (Å²) in [7, 11) is -2.70. The highest BCUT2D eigenvalue weighted by molar-refractivity contribution is 7.57. The fourth-order valence-electron chi connectivity index (χ4n) is 5.15. The number of thiophene rings is 1. The van der Waals surface area contributed by atoms with Gasteiger partial charge in [0.1, 0.15) is 4.88 Å². The summed E-state index contributed by atoms with van der Waals surface area (Å²) in [5, 5.41) is 9.99. The maximum atomic E-state index is 13.9. The molecule has 0 radical (unpaired) electrons. The summed E-state index contributed by atoms with van der Waals surface area (Å²) in [4.78, 5) is 28.2. The molecular formula is C27H37F3NO5PS. The average molecular weight is 576 g/mol. The highest BCUT2D eigenvalue weighted by Crippen LogP contribution is 2.45. The van der Waals surface area contributed by atoms with E-state index in [1.54, 1.807) is 19.4 Å². The van der Waals surface area contributed by atoms with Gasteiger partial charge in [-0.15, -0.1) is 11.3 Å². The molecule has 0 saturated heterocycles. The van der Waals surface area contributed by atoms with Gasteiger partial charge in [0.05, 0.1) is 22.6 Å². The van der Waals surface area contributed by atoms with Gasteiger partial charge in [0.25, 0.3) is 0 Å². The molecule has 0 spiro atoms. The number of nitrogens with zero attached hydrogens (tertiary/aromatic N) is 1. The van der Waals surface area contributed by atoms with Crippen LogP contribution in [0.25, 0.3) is 0 Å². The van der Waals surface area contributed by atoms with Crippen LogP contribution in [-0.4, -0.2) is 48.6 Å². The molecule has 11 heteroatoms. The topological polar surface area (TPSA) is 83.9 Å². The second kappa shape index (κ2) is 11.7. The van der Waals surface area contributed by atoms with Crippen LogP contribution in [0.1, 0.15) is 86.7 Å². The number of rotatable bonds is 6. The third-order valence-electron chi connectivity index (χ3n) is 6.92.